The van der Waals surface area contributed by atoms with Gasteiger partial charge in [0.1, 0.15) is 0 Å². The molecule has 1 aliphatic rings. The number of aromatic nitrogens is 1. The lowest BCUT2D eigenvalue weighted by molar-refractivity contribution is -0.0595. The van der Waals surface area contributed by atoms with Crippen LogP contribution in [0.25, 0.3) is 0 Å². The van der Waals surface area contributed by atoms with Crippen LogP contribution in [0.3, 0.4) is 0 Å². The number of ether oxygens (including phenoxy) is 1. The highest BCUT2D eigenvalue weighted by Crippen LogP contribution is 2.24. The molecule has 1 aromatic heterocycles. The third-order valence-electron chi connectivity index (χ3n) is 4.14. The van der Waals surface area contributed by atoms with Crippen molar-refractivity contribution in [2.45, 2.75) is 25.5 Å². The third kappa shape index (κ3) is 3.69. The Hall–Kier alpha value is -1.71. The van der Waals surface area contributed by atoms with Crippen molar-refractivity contribution in [3.05, 3.63) is 66.0 Å². The summed E-state index contributed by atoms with van der Waals surface area (Å²) in [4.78, 5) is 6.71. The summed E-state index contributed by atoms with van der Waals surface area (Å²) in [6.45, 7) is 5.06. The number of benzene rings is 1. The zero-order chi connectivity index (χ0) is 14.5. The molecule has 0 radical (unpaired) electrons. The summed E-state index contributed by atoms with van der Waals surface area (Å²) in [5, 5.41) is 0. The fourth-order valence-electron chi connectivity index (χ4n) is 2.81. The topological polar surface area (TPSA) is 25.4 Å². The highest BCUT2D eigenvalue weighted by atomic mass is 16.5. The number of morpholine rings is 1. The van der Waals surface area contributed by atoms with Crippen molar-refractivity contribution in [3.8, 4) is 0 Å². The molecule has 0 N–H and O–H groups in total. The first kappa shape index (κ1) is 14.2. The zero-order valence-electron chi connectivity index (χ0n) is 12.5. The molecule has 0 amide bonds. The number of rotatable bonds is 4. The van der Waals surface area contributed by atoms with Crippen molar-refractivity contribution >= 4 is 0 Å². The van der Waals surface area contributed by atoms with Crippen molar-refractivity contribution in [3.63, 3.8) is 0 Å². The quantitative estimate of drug-likeness (QED) is 0.861. The monoisotopic (exact) mass is 282 g/mol. The van der Waals surface area contributed by atoms with Gasteiger partial charge in [0.05, 0.1) is 12.7 Å². The van der Waals surface area contributed by atoms with Crippen LogP contribution in [0, 0.1) is 0 Å². The lowest BCUT2D eigenvalue weighted by Gasteiger charge is -2.38. The van der Waals surface area contributed by atoms with E-state index in [-0.39, 0.29) is 6.10 Å². The smallest absolute Gasteiger partial charge is 0.0952 e. The van der Waals surface area contributed by atoms with E-state index in [2.05, 4.69) is 53.2 Å². The fraction of sp³-hybridized carbons (Fsp3) is 0.389. The van der Waals surface area contributed by atoms with Crippen molar-refractivity contribution in [2.24, 2.45) is 0 Å². The van der Waals surface area contributed by atoms with E-state index in [1.54, 1.807) is 0 Å². The Balaban J connectivity index is 1.61. The predicted octanol–water partition coefficient (Wildman–Crippen LogP) is 3.09. The molecule has 0 spiro atoms. The van der Waals surface area contributed by atoms with E-state index in [0.717, 1.165) is 26.1 Å². The van der Waals surface area contributed by atoms with Crippen LogP contribution in [0.4, 0.5) is 0 Å². The van der Waals surface area contributed by atoms with Gasteiger partial charge in [0, 0.05) is 31.5 Å². The van der Waals surface area contributed by atoms with E-state index >= 15 is 0 Å². The molecule has 21 heavy (non-hydrogen) atoms. The zero-order valence-corrected chi connectivity index (χ0v) is 12.5. The minimum atomic E-state index is 0.191. The summed E-state index contributed by atoms with van der Waals surface area (Å²) >= 11 is 0. The third-order valence-corrected chi connectivity index (χ3v) is 4.14. The maximum atomic E-state index is 6.00. The maximum Gasteiger partial charge on any atom is 0.0952 e. The van der Waals surface area contributed by atoms with E-state index in [4.69, 9.17) is 4.74 Å². The molecule has 1 fully saturated rings. The Labute approximate surface area is 126 Å². The fourth-order valence-corrected chi connectivity index (χ4v) is 2.81. The molecular weight excluding hydrogens is 260 g/mol. The average Bonchev–Trinajstić information content (AvgIpc) is 2.56. The van der Waals surface area contributed by atoms with Crippen molar-refractivity contribution in [1.29, 1.82) is 0 Å². The summed E-state index contributed by atoms with van der Waals surface area (Å²) in [6, 6.07) is 15.1. The second-order valence-electron chi connectivity index (χ2n) is 5.69. The molecule has 2 heterocycles. The van der Waals surface area contributed by atoms with Gasteiger partial charge < -0.3 is 4.74 Å². The molecule has 1 aliphatic heterocycles. The van der Waals surface area contributed by atoms with Gasteiger partial charge in [-0.05, 0) is 30.5 Å². The van der Waals surface area contributed by atoms with E-state index < -0.39 is 0 Å². The minimum Gasteiger partial charge on any atom is -0.371 e. The highest BCUT2D eigenvalue weighted by molar-refractivity contribution is 5.18. The van der Waals surface area contributed by atoms with Crippen LogP contribution in [0.1, 0.15) is 24.2 Å². The van der Waals surface area contributed by atoms with Gasteiger partial charge in [0.15, 0.2) is 0 Å². The summed E-state index contributed by atoms with van der Waals surface area (Å²) in [6.07, 6.45) is 5.02. The molecule has 2 atom stereocenters. The predicted molar refractivity (Wildman–Crippen MR) is 84.1 cm³/mol. The number of hydrogen-bond donors (Lipinski definition) is 0. The SMILES string of the molecule is C[C@@H]1CO[C@@H](c2ccccc2)CN1CCc1cccnc1. The lowest BCUT2D eigenvalue weighted by Crippen LogP contribution is -2.45. The van der Waals surface area contributed by atoms with Gasteiger partial charge in [-0.15, -0.1) is 0 Å². The van der Waals surface area contributed by atoms with Crippen LogP contribution in [0.5, 0.6) is 0 Å². The largest absolute Gasteiger partial charge is 0.371 e. The first-order valence-electron chi connectivity index (χ1n) is 7.62. The molecule has 1 saturated heterocycles. The average molecular weight is 282 g/mol. The molecule has 110 valence electrons. The van der Waals surface area contributed by atoms with E-state index in [1.165, 1.54) is 11.1 Å². The van der Waals surface area contributed by atoms with Gasteiger partial charge in [0.25, 0.3) is 0 Å². The molecule has 0 saturated carbocycles. The molecule has 3 rings (SSSR count). The van der Waals surface area contributed by atoms with Gasteiger partial charge in [0.2, 0.25) is 0 Å². The summed E-state index contributed by atoms with van der Waals surface area (Å²) < 4.78 is 6.00. The molecule has 3 heteroatoms. The van der Waals surface area contributed by atoms with Crippen LogP contribution in [-0.4, -0.2) is 35.6 Å². The van der Waals surface area contributed by atoms with E-state index in [1.807, 2.05) is 18.5 Å². The standard InChI is InChI=1S/C18H22N2O/c1-15-14-21-18(17-7-3-2-4-8-17)13-20(15)11-9-16-6-5-10-19-12-16/h2-8,10,12,15,18H,9,11,13-14H2,1H3/t15-,18-/m1/s1. The summed E-state index contributed by atoms with van der Waals surface area (Å²) in [7, 11) is 0. The van der Waals surface area contributed by atoms with Gasteiger partial charge in [-0.3, -0.25) is 9.88 Å². The lowest BCUT2D eigenvalue weighted by atomic mass is 10.1. The Morgan fingerprint density at radius 3 is 2.81 bits per heavy atom. The molecular formula is C18H22N2O. The minimum absolute atomic E-state index is 0.191. The molecule has 0 aliphatic carbocycles. The Kier molecular flexibility index (Phi) is 4.63. The molecule has 3 nitrogen and oxygen atoms in total. The Bertz CT molecular complexity index is 544. The van der Waals surface area contributed by atoms with Crippen LogP contribution < -0.4 is 0 Å². The molecule has 2 aromatic rings. The second kappa shape index (κ2) is 6.83. The Morgan fingerprint density at radius 2 is 2.05 bits per heavy atom. The van der Waals surface area contributed by atoms with Crippen LogP contribution in [0.15, 0.2) is 54.9 Å². The normalized spacial score (nSPS) is 23.1. The molecule has 0 bridgehead atoms. The molecule has 0 unspecified atom stereocenters. The van der Waals surface area contributed by atoms with Crippen LogP contribution in [0.2, 0.25) is 0 Å². The van der Waals surface area contributed by atoms with Crippen LogP contribution >= 0.6 is 0 Å². The maximum absolute atomic E-state index is 6.00. The first-order valence-corrected chi connectivity index (χ1v) is 7.62. The van der Waals surface area contributed by atoms with Crippen LogP contribution in [-0.2, 0) is 11.2 Å². The number of nitrogens with zero attached hydrogens (tertiary/aromatic N) is 2. The van der Waals surface area contributed by atoms with Gasteiger partial charge >= 0.3 is 0 Å². The second-order valence-corrected chi connectivity index (χ2v) is 5.69. The van der Waals surface area contributed by atoms with Crippen molar-refractivity contribution in [2.75, 3.05) is 19.7 Å². The van der Waals surface area contributed by atoms with E-state index in [0.29, 0.717) is 6.04 Å². The first-order chi connectivity index (χ1) is 10.3. The van der Waals surface area contributed by atoms with E-state index in [9.17, 15) is 0 Å². The van der Waals surface area contributed by atoms with Gasteiger partial charge in [-0.25, -0.2) is 0 Å². The number of pyridine rings is 1. The molecule has 1 aromatic carbocycles. The van der Waals surface area contributed by atoms with Gasteiger partial charge in [-0.2, -0.15) is 0 Å². The number of hydrogen-bond acceptors (Lipinski definition) is 3. The summed E-state index contributed by atoms with van der Waals surface area (Å²) in [5.41, 5.74) is 2.57. The Morgan fingerprint density at radius 1 is 1.19 bits per heavy atom. The van der Waals surface area contributed by atoms with Crippen molar-refractivity contribution in [1.82, 2.24) is 9.88 Å². The summed E-state index contributed by atoms with van der Waals surface area (Å²) in [5.74, 6) is 0. The highest BCUT2D eigenvalue weighted by Gasteiger charge is 2.26. The van der Waals surface area contributed by atoms with Gasteiger partial charge in [-0.1, -0.05) is 36.4 Å². The van der Waals surface area contributed by atoms with Crippen molar-refractivity contribution < 1.29 is 4.74 Å².